The number of rotatable bonds is 6. The smallest absolute Gasteiger partial charge is 0.269 e. The summed E-state index contributed by atoms with van der Waals surface area (Å²) in [5.41, 5.74) is 4.10. The Morgan fingerprint density at radius 3 is 2.29 bits per heavy atom. The molecule has 180 valence electrons. The Balaban J connectivity index is 1.34. The van der Waals surface area contributed by atoms with Crippen molar-refractivity contribution >= 4 is 33.6 Å². The van der Waals surface area contributed by atoms with Crippen LogP contribution < -0.4 is 5.48 Å². The van der Waals surface area contributed by atoms with Crippen molar-refractivity contribution in [1.29, 1.82) is 0 Å². The van der Waals surface area contributed by atoms with Crippen LogP contribution in [-0.2, 0) is 14.8 Å². The summed E-state index contributed by atoms with van der Waals surface area (Å²) in [4.78, 5) is 26.5. The number of benzene rings is 3. The van der Waals surface area contributed by atoms with Gasteiger partial charge in [0.1, 0.15) is 4.90 Å². The first-order valence-corrected chi connectivity index (χ1v) is 13.6. The van der Waals surface area contributed by atoms with E-state index >= 15 is 0 Å². The molecule has 1 saturated carbocycles. The molecule has 1 fully saturated rings. The minimum absolute atomic E-state index is 0.00409. The van der Waals surface area contributed by atoms with Crippen molar-refractivity contribution in [2.45, 2.75) is 27.9 Å². The zero-order valence-electron chi connectivity index (χ0n) is 18.7. The van der Waals surface area contributed by atoms with E-state index in [2.05, 4.69) is 0 Å². The molecule has 0 aromatic heterocycles. The van der Waals surface area contributed by atoms with Gasteiger partial charge >= 0.3 is 0 Å². The molecule has 0 saturated heterocycles. The second kappa shape index (κ2) is 9.49. The van der Waals surface area contributed by atoms with Crippen LogP contribution in [0.5, 0.6) is 0 Å². The number of hydrogen-bond donors (Lipinski definition) is 2. The van der Waals surface area contributed by atoms with Crippen LogP contribution in [0.4, 0.5) is 0 Å². The van der Waals surface area contributed by atoms with Gasteiger partial charge in [0.15, 0.2) is 0 Å². The number of fused-ring (bicyclic) bond motifs is 1. The summed E-state index contributed by atoms with van der Waals surface area (Å²) in [7, 11) is -3.96. The molecule has 1 heterocycles. The van der Waals surface area contributed by atoms with Gasteiger partial charge in [0, 0.05) is 16.7 Å². The largest absolute Gasteiger partial charge is 0.289 e. The lowest BCUT2D eigenvalue weighted by Crippen LogP contribution is -2.41. The number of hydrogen-bond acceptors (Lipinski definition) is 6. The van der Waals surface area contributed by atoms with Crippen molar-refractivity contribution in [3.63, 3.8) is 0 Å². The SMILES string of the molecule is O=C(NO)[C@H]1[C@H](CN2C(=O)c3ccccc3S2(=O)=O)CC[C@@H]1Sc1ccc(-c2ccccc2)cc1. The molecule has 2 N–H and O–H groups in total. The van der Waals surface area contributed by atoms with E-state index in [0.717, 1.165) is 20.3 Å². The van der Waals surface area contributed by atoms with Gasteiger partial charge in [0.2, 0.25) is 5.91 Å². The summed E-state index contributed by atoms with van der Waals surface area (Å²) in [5.74, 6) is -2.19. The predicted molar refractivity (Wildman–Crippen MR) is 132 cm³/mol. The second-order valence-corrected chi connectivity index (χ2v) is 11.9. The summed E-state index contributed by atoms with van der Waals surface area (Å²) in [5, 5.41) is 9.24. The first-order valence-electron chi connectivity index (χ1n) is 11.3. The normalized spacial score (nSPS) is 22.7. The third-order valence-corrected chi connectivity index (χ3v) is 9.89. The van der Waals surface area contributed by atoms with Crippen LogP contribution >= 0.6 is 11.8 Å². The monoisotopic (exact) mass is 508 g/mol. The predicted octanol–water partition coefficient (Wildman–Crippen LogP) is 4.19. The molecule has 1 aliphatic carbocycles. The van der Waals surface area contributed by atoms with Crippen LogP contribution in [0.1, 0.15) is 23.2 Å². The fraction of sp³-hybridized carbons (Fsp3) is 0.231. The van der Waals surface area contributed by atoms with E-state index in [1.807, 2.05) is 54.6 Å². The van der Waals surface area contributed by atoms with Crippen molar-refractivity contribution in [1.82, 2.24) is 9.79 Å². The molecule has 1 aliphatic heterocycles. The topological polar surface area (TPSA) is 104 Å². The maximum atomic E-state index is 13.0. The fourth-order valence-electron chi connectivity index (χ4n) is 4.99. The van der Waals surface area contributed by atoms with Crippen LogP contribution in [-0.4, -0.2) is 41.5 Å². The molecule has 2 amide bonds. The highest BCUT2D eigenvalue weighted by Crippen LogP contribution is 2.44. The van der Waals surface area contributed by atoms with Crippen LogP contribution in [0.25, 0.3) is 11.1 Å². The Labute approximate surface area is 208 Å². The van der Waals surface area contributed by atoms with E-state index in [9.17, 15) is 23.2 Å². The molecule has 7 nitrogen and oxygen atoms in total. The zero-order chi connectivity index (χ0) is 24.6. The number of amides is 2. The number of hydroxylamine groups is 1. The van der Waals surface area contributed by atoms with E-state index in [0.29, 0.717) is 12.8 Å². The standard InChI is InChI=1S/C26H24N2O5S2/c29-25(27-31)24-19(16-28-26(30)21-8-4-5-9-23(21)35(28,32)33)12-15-22(24)34-20-13-10-18(11-14-20)17-6-2-1-3-7-17/h1-11,13-14,19,22,24,31H,12,15-16H2,(H,27,29)/t19-,22-,24-/m0/s1. The van der Waals surface area contributed by atoms with Crippen molar-refractivity contribution in [2.75, 3.05) is 6.54 Å². The molecule has 35 heavy (non-hydrogen) atoms. The third-order valence-electron chi connectivity index (χ3n) is 6.70. The highest BCUT2D eigenvalue weighted by Gasteiger charge is 2.47. The van der Waals surface area contributed by atoms with Crippen LogP contribution in [0.15, 0.2) is 88.7 Å². The molecule has 0 spiro atoms. The molecule has 0 radical (unpaired) electrons. The fourth-order valence-corrected chi connectivity index (χ4v) is 8.01. The van der Waals surface area contributed by atoms with Gasteiger partial charge in [-0.05, 0) is 54.2 Å². The summed E-state index contributed by atoms with van der Waals surface area (Å²) in [6, 6.07) is 24.2. The van der Waals surface area contributed by atoms with Gasteiger partial charge in [-0.2, -0.15) is 0 Å². The van der Waals surface area contributed by atoms with Gasteiger partial charge in [0.05, 0.1) is 11.5 Å². The molecule has 3 atom stereocenters. The lowest BCUT2D eigenvalue weighted by atomic mass is 9.95. The highest BCUT2D eigenvalue weighted by atomic mass is 32.2. The van der Waals surface area contributed by atoms with E-state index in [1.54, 1.807) is 17.6 Å². The number of carbonyl (C=O) groups is 2. The first-order chi connectivity index (χ1) is 16.9. The van der Waals surface area contributed by atoms with E-state index in [-0.39, 0.29) is 22.3 Å². The molecule has 0 unspecified atom stereocenters. The molecular formula is C26H24N2O5S2. The van der Waals surface area contributed by atoms with E-state index in [4.69, 9.17) is 0 Å². The molecule has 9 heteroatoms. The summed E-state index contributed by atoms with van der Waals surface area (Å²) < 4.78 is 26.9. The second-order valence-electron chi connectivity index (χ2n) is 8.72. The Bertz CT molecular complexity index is 1360. The number of nitrogens with one attached hydrogen (secondary N) is 1. The van der Waals surface area contributed by atoms with Crippen molar-refractivity contribution < 1.29 is 23.2 Å². The maximum Gasteiger partial charge on any atom is 0.269 e. The molecule has 3 aromatic carbocycles. The van der Waals surface area contributed by atoms with Crippen LogP contribution in [0.2, 0.25) is 0 Å². The number of sulfonamides is 1. The Morgan fingerprint density at radius 2 is 1.60 bits per heavy atom. The first kappa shape index (κ1) is 23.6. The molecule has 5 rings (SSSR count). The minimum atomic E-state index is -3.96. The summed E-state index contributed by atoms with van der Waals surface area (Å²) in [6.45, 7) is -0.0993. The van der Waals surface area contributed by atoms with Gasteiger partial charge in [-0.3, -0.25) is 14.8 Å². The van der Waals surface area contributed by atoms with Gasteiger partial charge in [0.25, 0.3) is 15.9 Å². The van der Waals surface area contributed by atoms with Crippen LogP contribution in [0, 0.1) is 11.8 Å². The Kier molecular flexibility index (Phi) is 6.39. The number of carbonyl (C=O) groups excluding carboxylic acids is 2. The van der Waals surface area contributed by atoms with Gasteiger partial charge in [-0.1, -0.05) is 54.6 Å². The average molecular weight is 509 g/mol. The quantitative estimate of drug-likeness (QED) is 0.382. The van der Waals surface area contributed by atoms with Crippen molar-refractivity contribution in [3.8, 4) is 11.1 Å². The van der Waals surface area contributed by atoms with Crippen LogP contribution in [0.3, 0.4) is 0 Å². The molecule has 0 bridgehead atoms. The Morgan fingerprint density at radius 1 is 0.943 bits per heavy atom. The van der Waals surface area contributed by atoms with Gasteiger partial charge in [-0.25, -0.2) is 18.2 Å². The lowest BCUT2D eigenvalue weighted by molar-refractivity contribution is -0.134. The highest BCUT2D eigenvalue weighted by molar-refractivity contribution is 8.00. The van der Waals surface area contributed by atoms with E-state index < -0.39 is 33.7 Å². The van der Waals surface area contributed by atoms with Crippen molar-refractivity contribution in [2.24, 2.45) is 11.8 Å². The van der Waals surface area contributed by atoms with Gasteiger partial charge in [-0.15, -0.1) is 11.8 Å². The van der Waals surface area contributed by atoms with Crippen molar-refractivity contribution in [3.05, 3.63) is 84.4 Å². The average Bonchev–Trinajstić information content (AvgIpc) is 3.36. The minimum Gasteiger partial charge on any atom is -0.289 e. The summed E-state index contributed by atoms with van der Waals surface area (Å²) >= 11 is 1.53. The van der Waals surface area contributed by atoms with Gasteiger partial charge < -0.3 is 0 Å². The summed E-state index contributed by atoms with van der Waals surface area (Å²) in [6.07, 6.45) is 1.22. The molecule has 2 aliphatic rings. The lowest BCUT2D eigenvalue weighted by Gasteiger charge is -2.26. The zero-order valence-corrected chi connectivity index (χ0v) is 20.3. The van der Waals surface area contributed by atoms with E-state index in [1.165, 1.54) is 23.9 Å². The molecular weight excluding hydrogens is 484 g/mol. The third kappa shape index (κ3) is 4.35. The Hall–Kier alpha value is -3.14. The molecule has 3 aromatic rings. The number of nitrogens with zero attached hydrogens (tertiary/aromatic N) is 1. The number of thioether (sulfide) groups is 1. The maximum absolute atomic E-state index is 13.0.